The summed E-state index contributed by atoms with van der Waals surface area (Å²) in [7, 11) is 0. The van der Waals surface area contributed by atoms with Gasteiger partial charge in [-0.25, -0.2) is 0 Å². The van der Waals surface area contributed by atoms with Crippen LogP contribution in [0.4, 0.5) is 0 Å². The van der Waals surface area contributed by atoms with Gasteiger partial charge in [0.15, 0.2) is 0 Å². The summed E-state index contributed by atoms with van der Waals surface area (Å²) in [5, 5.41) is 0. The van der Waals surface area contributed by atoms with Crippen LogP contribution in [-0.4, -0.2) is 30.6 Å². The fourth-order valence-electron chi connectivity index (χ4n) is 3.76. The van der Waals surface area contributed by atoms with Crippen LogP contribution in [0.15, 0.2) is 0 Å². The molecule has 3 unspecified atom stereocenters. The van der Waals surface area contributed by atoms with E-state index in [1.807, 2.05) is 0 Å². The summed E-state index contributed by atoms with van der Waals surface area (Å²) < 4.78 is 0. The third kappa shape index (κ3) is 2.78. The van der Waals surface area contributed by atoms with Gasteiger partial charge in [-0.05, 0) is 57.2 Å². The van der Waals surface area contributed by atoms with Crippen LogP contribution < -0.4 is 5.73 Å². The van der Waals surface area contributed by atoms with Gasteiger partial charge < -0.3 is 10.6 Å². The monoisotopic (exact) mass is 224 g/mol. The first-order valence-electron chi connectivity index (χ1n) is 7.29. The zero-order valence-corrected chi connectivity index (χ0v) is 10.8. The first-order chi connectivity index (χ1) is 7.85. The zero-order chi connectivity index (χ0) is 11.4. The molecule has 2 heteroatoms. The Morgan fingerprint density at radius 2 is 1.94 bits per heavy atom. The molecule has 3 atom stereocenters. The van der Waals surface area contributed by atoms with Crippen LogP contribution in [0.1, 0.15) is 51.9 Å². The quantitative estimate of drug-likeness (QED) is 0.795. The van der Waals surface area contributed by atoms with E-state index in [-0.39, 0.29) is 0 Å². The average molecular weight is 224 g/mol. The standard InChI is InChI=1S/C14H28N2/c1-2-5-12-6-7-13(11-15)14(10-12)16-8-3-4-9-16/h12-14H,2-11,15H2,1H3. The molecule has 2 nitrogen and oxygen atoms in total. The summed E-state index contributed by atoms with van der Waals surface area (Å²) in [5.74, 6) is 1.77. The van der Waals surface area contributed by atoms with E-state index in [9.17, 15) is 0 Å². The highest BCUT2D eigenvalue weighted by Crippen LogP contribution is 2.35. The molecule has 16 heavy (non-hydrogen) atoms. The summed E-state index contributed by atoms with van der Waals surface area (Å²) in [6.45, 7) is 5.89. The molecule has 0 bridgehead atoms. The summed E-state index contributed by atoms with van der Waals surface area (Å²) in [6, 6.07) is 0.817. The van der Waals surface area contributed by atoms with Crippen molar-refractivity contribution < 1.29 is 0 Å². The van der Waals surface area contributed by atoms with Crippen molar-refractivity contribution in [1.82, 2.24) is 4.90 Å². The number of hydrogen-bond acceptors (Lipinski definition) is 2. The molecule has 2 aliphatic rings. The third-order valence-corrected chi connectivity index (χ3v) is 4.67. The van der Waals surface area contributed by atoms with E-state index in [2.05, 4.69) is 11.8 Å². The Kier molecular flexibility index (Phi) is 4.66. The van der Waals surface area contributed by atoms with Gasteiger partial charge in [-0.3, -0.25) is 0 Å². The molecular formula is C14H28N2. The van der Waals surface area contributed by atoms with Crippen LogP contribution in [0.25, 0.3) is 0 Å². The van der Waals surface area contributed by atoms with Crippen molar-refractivity contribution in [2.75, 3.05) is 19.6 Å². The fraction of sp³-hybridized carbons (Fsp3) is 1.00. The van der Waals surface area contributed by atoms with Crippen molar-refractivity contribution in [1.29, 1.82) is 0 Å². The maximum Gasteiger partial charge on any atom is 0.0138 e. The molecule has 1 heterocycles. The van der Waals surface area contributed by atoms with Gasteiger partial charge in [0.1, 0.15) is 0 Å². The minimum Gasteiger partial charge on any atom is -0.330 e. The molecule has 0 radical (unpaired) electrons. The lowest BCUT2D eigenvalue weighted by Gasteiger charge is -2.41. The summed E-state index contributed by atoms with van der Waals surface area (Å²) in [4.78, 5) is 2.74. The minimum absolute atomic E-state index is 0.784. The second-order valence-electron chi connectivity index (χ2n) is 5.77. The minimum atomic E-state index is 0.784. The van der Waals surface area contributed by atoms with Gasteiger partial charge in [0.05, 0.1) is 0 Å². The molecule has 0 aromatic carbocycles. The van der Waals surface area contributed by atoms with E-state index in [4.69, 9.17) is 5.73 Å². The number of nitrogens with zero attached hydrogens (tertiary/aromatic N) is 1. The number of nitrogens with two attached hydrogens (primary N) is 1. The Balaban J connectivity index is 1.93. The Morgan fingerprint density at radius 3 is 2.56 bits per heavy atom. The van der Waals surface area contributed by atoms with Crippen molar-refractivity contribution in [3.8, 4) is 0 Å². The lowest BCUT2D eigenvalue weighted by Crippen LogP contribution is -2.45. The third-order valence-electron chi connectivity index (χ3n) is 4.67. The highest BCUT2D eigenvalue weighted by Gasteiger charge is 2.34. The molecule has 0 aromatic heterocycles. The molecule has 1 saturated heterocycles. The first kappa shape index (κ1) is 12.4. The molecule has 1 aliphatic heterocycles. The molecule has 0 aromatic rings. The van der Waals surface area contributed by atoms with Gasteiger partial charge in [0, 0.05) is 6.04 Å². The van der Waals surface area contributed by atoms with Crippen molar-refractivity contribution in [3.63, 3.8) is 0 Å². The normalized spacial score (nSPS) is 36.8. The summed E-state index contributed by atoms with van der Waals surface area (Å²) in [5.41, 5.74) is 5.95. The Hall–Kier alpha value is -0.0800. The fourth-order valence-corrected chi connectivity index (χ4v) is 3.76. The van der Waals surface area contributed by atoms with E-state index >= 15 is 0 Å². The molecular weight excluding hydrogens is 196 g/mol. The van der Waals surface area contributed by atoms with E-state index in [0.717, 1.165) is 24.4 Å². The van der Waals surface area contributed by atoms with Gasteiger partial charge in [-0.1, -0.05) is 26.2 Å². The van der Waals surface area contributed by atoms with Gasteiger partial charge in [0.25, 0.3) is 0 Å². The number of hydrogen-bond donors (Lipinski definition) is 1. The molecule has 94 valence electrons. The zero-order valence-electron chi connectivity index (χ0n) is 10.8. The maximum atomic E-state index is 5.95. The van der Waals surface area contributed by atoms with Gasteiger partial charge >= 0.3 is 0 Å². The number of likely N-dealkylation sites (tertiary alicyclic amines) is 1. The van der Waals surface area contributed by atoms with Crippen molar-refractivity contribution in [2.45, 2.75) is 57.9 Å². The molecule has 2 N–H and O–H groups in total. The SMILES string of the molecule is CCCC1CCC(CN)C(N2CCCC2)C1. The van der Waals surface area contributed by atoms with E-state index in [1.165, 1.54) is 58.0 Å². The maximum absolute atomic E-state index is 5.95. The summed E-state index contributed by atoms with van der Waals surface area (Å²) in [6.07, 6.45) is 9.84. The molecule has 0 amide bonds. The van der Waals surface area contributed by atoms with Gasteiger partial charge in [0.2, 0.25) is 0 Å². The molecule has 2 rings (SSSR count). The van der Waals surface area contributed by atoms with Crippen molar-refractivity contribution >= 4 is 0 Å². The molecule has 2 fully saturated rings. The van der Waals surface area contributed by atoms with Crippen molar-refractivity contribution in [2.24, 2.45) is 17.6 Å². The topological polar surface area (TPSA) is 29.3 Å². The molecule has 0 spiro atoms. The van der Waals surface area contributed by atoms with Crippen LogP contribution in [-0.2, 0) is 0 Å². The second kappa shape index (κ2) is 6.02. The smallest absolute Gasteiger partial charge is 0.0138 e. The Bertz CT molecular complexity index is 197. The number of rotatable bonds is 4. The van der Waals surface area contributed by atoms with E-state index < -0.39 is 0 Å². The lowest BCUT2D eigenvalue weighted by atomic mass is 9.76. The Labute approximate surface area is 101 Å². The van der Waals surface area contributed by atoms with E-state index in [1.54, 1.807) is 0 Å². The highest BCUT2D eigenvalue weighted by molar-refractivity contribution is 4.88. The summed E-state index contributed by atoms with van der Waals surface area (Å²) >= 11 is 0. The average Bonchev–Trinajstić information content (AvgIpc) is 2.83. The second-order valence-corrected chi connectivity index (χ2v) is 5.77. The molecule has 1 saturated carbocycles. The largest absolute Gasteiger partial charge is 0.330 e. The predicted molar refractivity (Wildman–Crippen MR) is 69.4 cm³/mol. The van der Waals surface area contributed by atoms with Crippen LogP contribution in [0.5, 0.6) is 0 Å². The van der Waals surface area contributed by atoms with Crippen molar-refractivity contribution in [3.05, 3.63) is 0 Å². The first-order valence-corrected chi connectivity index (χ1v) is 7.29. The van der Waals surface area contributed by atoms with Gasteiger partial charge in [-0.15, -0.1) is 0 Å². The predicted octanol–water partition coefficient (Wildman–Crippen LogP) is 2.63. The molecule has 1 aliphatic carbocycles. The Morgan fingerprint density at radius 1 is 1.19 bits per heavy atom. The van der Waals surface area contributed by atoms with Crippen LogP contribution in [0, 0.1) is 11.8 Å². The van der Waals surface area contributed by atoms with Crippen LogP contribution in [0.3, 0.4) is 0 Å². The van der Waals surface area contributed by atoms with E-state index in [0.29, 0.717) is 0 Å². The lowest BCUT2D eigenvalue weighted by molar-refractivity contribution is 0.0987. The van der Waals surface area contributed by atoms with Crippen LogP contribution >= 0.6 is 0 Å². The van der Waals surface area contributed by atoms with Crippen LogP contribution in [0.2, 0.25) is 0 Å². The highest BCUT2D eigenvalue weighted by atomic mass is 15.2. The van der Waals surface area contributed by atoms with Gasteiger partial charge in [-0.2, -0.15) is 0 Å².